The summed E-state index contributed by atoms with van der Waals surface area (Å²) >= 11 is 9.17. The van der Waals surface area contributed by atoms with Gasteiger partial charge in [0.05, 0.1) is 5.02 Å². The van der Waals surface area contributed by atoms with Gasteiger partial charge in [-0.05, 0) is 29.8 Å². The molecule has 2 rings (SSSR count). The summed E-state index contributed by atoms with van der Waals surface area (Å²) in [5.74, 6) is 0.555. The molecule has 0 heterocycles. The van der Waals surface area contributed by atoms with Crippen LogP contribution in [-0.4, -0.2) is 6.04 Å². The highest BCUT2D eigenvalue weighted by molar-refractivity contribution is 9.10. The zero-order valence-electron chi connectivity index (χ0n) is 11.8. The van der Waals surface area contributed by atoms with Crippen molar-refractivity contribution in [2.45, 2.75) is 26.4 Å². The smallest absolute Gasteiger partial charge is 0.145 e. The summed E-state index contributed by atoms with van der Waals surface area (Å²) in [6.07, 6.45) is 0. The van der Waals surface area contributed by atoms with E-state index in [0.717, 1.165) is 16.6 Å². The van der Waals surface area contributed by atoms with Crippen LogP contribution < -0.4 is 10.1 Å². The number of nitrogens with one attached hydrogen (secondary N) is 1. The minimum atomic E-state index is -0.494. The van der Waals surface area contributed by atoms with Gasteiger partial charge in [0.25, 0.3) is 0 Å². The first-order valence-corrected chi connectivity index (χ1v) is 7.77. The van der Waals surface area contributed by atoms with E-state index in [9.17, 15) is 4.39 Å². The molecule has 2 nitrogen and oxygen atoms in total. The van der Waals surface area contributed by atoms with Crippen LogP contribution in [0, 0.1) is 5.82 Å². The lowest BCUT2D eigenvalue weighted by molar-refractivity contribution is 0.476. The zero-order chi connectivity index (χ0) is 15.4. The Morgan fingerprint density at radius 1 is 1.19 bits per heavy atom. The normalized spacial score (nSPS) is 11.0. The Morgan fingerprint density at radius 3 is 2.48 bits per heavy atom. The second-order valence-electron chi connectivity index (χ2n) is 4.97. The third-order valence-corrected chi connectivity index (χ3v) is 3.90. The molecule has 0 aromatic heterocycles. The summed E-state index contributed by atoms with van der Waals surface area (Å²) in [6.45, 7) is 4.97. The minimum Gasteiger partial charge on any atom is -0.457 e. The van der Waals surface area contributed by atoms with Gasteiger partial charge in [0.1, 0.15) is 17.3 Å². The molecule has 1 N–H and O–H groups in total. The molecule has 112 valence electrons. The highest BCUT2D eigenvalue weighted by atomic mass is 79.9. The van der Waals surface area contributed by atoms with E-state index >= 15 is 0 Å². The molecule has 21 heavy (non-hydrogen) atoms. The summed E-state index contributed by atoms with van der Waals surface area (Å²) in [4.78, 5) is 0. The van der Waals surface area contributed by atoms with Gasteiger partial charge in [-0.25, -0.2) is 4.39 Å². The molecule has 2 aromatic rings. The predicted octanol–water partition coefficient (Wildman–Crippen LogP) is 5.53. The quantitative estimate of drug-likeness (QED) is 0.745. The Hall–Kier alpha value is -1.10. The van der Waals surface area contributed by atoms with Crippen LogP contribution in [0.2, 0.25) is 5.02 Å². The summed E-state index contributed by atoms with van der Waals surface area (Å²) in [7, 11) is 0. The molecular weight excluding hydrogens is 357 g/mol. The van der Waals surface area contributed by atoms with E-state index in [1.807, 2.05) is 18.2 Å². The van der Waals surface area contributed by atoms with E-state index in [4.69, 9.17) is 16.3 Å². The molecule has 0 unspecified atom stereocenters. The molecule has 0 aliphatic carbocycles. The fourth-order valence-electron chi connectivity index (χ4n) is 1.73. The molecular formula is C16H16BrClFNO. The highest BCUT2D eigenvalue weighted by Gasteiger charge is 2.06. The van der Waals surface area contributed by atoms with Crippen LogP contribution >= 0.6 is 27.5 Å². The lowest BCUT2D eigenvalue weighted by Gasteiger charge is -2.12. The van der Waals surface area contributed by atoms with E-state index in [1.54, 1.807) is 6.07 Å². The van der Waals surface area contributed by atoms with Gasteiger partial charge >= 0.3 is 0 Å². The second-order valence-corrected chi connectivity index (χ2v) is 6.23. The standard InChI is InChI=1S/C16H16BrClFNO/c1-10(2)20-9-11-3-4-12(7-14(11)17)21-13-5-6-15(18)16(19)8-13/h3-8,10,20H,9H2,1-2H3. The van der Waals surface area contributed by atoms with Crippen molar-refractivity contribution >= 4 is 27.5 Å². The van der Waals surface area contributed by atoms with E-state index < -0.39 is 5.82 Å². The third kappa shape index (κ3) is 4.70. The number of hydrogen-bond acceptors (Lipinski definition) is 2. The Kier molecular flexibility index (Phi) is 5.62. The van der Waals surface area contributed by atoms with Crippen LogP contribution in [0.15, 0.2) is 40.9 Å². The van der Waals surface area contributed by atoms with Gasteiger partial charge in [-0.2, -0.15) is 0 Å². The number of rotatable bonds is 5. The van der Waals surface area contributed by atoms with Crippen molar-refractivity contribution in [2.75, 3.05) is 0 Å². The first-order chi connectivity index (χ1) is 9.95. The molecule has 5 heteroatoms. The molecule has 0 atom stereocenters. The van der Waals surface area contributed by atoms with Gasteiger partial charge in [-0.15, -0.1) is 0 Å². The van der Waals surface area contributed by atoms with E-state index in [0.29, 0.717) is 17.5 Å². The van der Waals surface area contributed by atoms with Crippen LogP contribution in [0.5, 0.6) is 11.5 Å². The van der Waals surface area contributed by atoms with Crippen molar-refractivity contribution in [1.82, 2.24) is 5.32 Å². The van der Waals surface area contributed by atoms with Crippen molar-refractivity contribution in [1.29, 1.82) is 0 Å². The van der Waals surface area contributed by atoms with Crippen molar-refractivity contribution in [2.24, 2.45) is 0 Å². The highest BCUT2D eigenvalue weighted by Crippen LogP contribution is 2.29. The van der Waals surface area contributed by atoms with Crippen LogP contribution in [-0.2, 0) is 6.54 Å². The summed E-state index contributed by atoms with van der Waals surface area (Å²) < 4.78 is 19.9. The fraction of sp³-hybridized carbons (Fsp3) is 0.250. The molecule has 0 aliphatic rings. The lowest BCUT2D eigenvalue weighted by atomic mass is 10.2. The molecule has 0 amide bonds. The van der Waals surface area contributed by atoms with E-state index in [1.165, 1.54) is 12.1 Å². The van der Waals surface area contributed by atoms with Gasteiger partial charge in [0.15, 0.2) is 0 Å². The topological polar surface area (TPSA) is 21.3 Å². The summed E-state index contributed by atoms with van der Waals surface area (Å²) in [5, 5.41) is 3.43. The molecule has 0 aliphatic heterocycles. The average molecular weight is 373 g/mol. The Morgan fingerprint density at radius 2 is 1.86 bits per heavy atom. The maximum absolute atomic E-state index is 13.4. The summed E-state index contributed by atoms with van der Waals surface area (Å²) in [5.41, 5.74) is 1.14. The molecule has 0 spiro atoms. The van der Waals surface area contributed by atoms with Gasteiger partial charge in [-0.3, -0.25) is 0 Å². The van der Waals surface area contributed by atoms with Crippen molar-refractivity contribution in [3.05, 3.63) is 57.3 Å². The minimum absolute atomic E-state index is 0.0821. The maximum atomic E-state index is 13.4. The van der Waals surface area contributed by atoms with Gasteiger partial charge < -0.3 is 10.1 Å². The van der Waals surface area contributed by atoms with Crippen LogP contribution in [0.3, 0.4) is 0 Å². The van der Waals surface area contributed by atoms with Gasteiger partial charge in [0, 0.05) is 23.1 Å². The average Bonchev–Trinajstić information content (AvgIpc) is 2.42. The van der Waals surface area contributed by atoms with Crippen molar-refractivity contribution in [3.63, 3.8) is 0 Å². The van der Waals surface area contributed by atoms with Gasteiger partial charge in [-0.1, -0.05) is 47.4 Å². The molecule has 0 saturated carbocycles. The largest absolute Gasteiger partial charge is 0.457 e. The number of benzene rings is 2. The van der Waals surface area contributed by atoms with E-state index in [2.05, 4.69) is 35.1 Å². The van der Waals surface area contributed by atoms with Crippen LogP contribution in [0.1, 0.15) is 19.4 Å². The monoisotopic (exact) mass is 371 g/mol. The van der Waals surface area contributed by atoms with Crippen LogP contribution in [0.4, 0.5) is 4.39 Å². The fourth-order valence-corrected chi connectivity index (χ4v) is 2.34. The molecule has 0 radical (unpaired) electrons. The third-order valence-electron chi connectivity index (χ3n) is 2.85. The Bertz CT molecular complexity index is 634. The van der Waals surface area contributed by atoms with Gasteiger partial charge in [0.2, 0.25) is 0 Å². The lowest BCUT2D eigenvalue weighted by Crippen LogP contribution is -2.21. The van der Waals surface area contributed by atoms with Crippen molar-refractivity contribution < 1.29 is 9.13 Å². The predicted molar refractivity (Wildman–Crippen MR) is 87.6 cm³/mol. The molecule has 0 fully saturated rings. The molecule has 2 aromatic carbocycles. The molecule has 0 saturated heterocycles. The number of hydrogen-bond donors (Lipinski definition) is 1. The molecule has 0 bridgehead atoms. The number of halogens is 3. The first kappa shape index (κ1) is 16.3. The SMILES string of the molecule is CC(C)NCc1ccc(Oc2ccc(Cl)c(F)c2)cc1Br. The summed E-state index contributed by atoms with van der Waals surface area (Å²) in [6, 6.07) is 10.5. The second kappa shape index (κ2) is 7.25. The van der Waals surface area contributed by atoms with Crippen molar-refractivity contribution in [3.8, 4) is 11.5 Å². The maximum Gasteiger partial charge on any atom is 0.145 e. The first-order valence-electron chi connectivity index (χ1n) is 6.60. The zero-order valence-corrected chi connectivity index (χ0v) is 14.1. The number of ether oxygens (including phenoxy) is 1. The Balaban J connectivity index is 2.10. The van der Waals surface area contributed by atoms with E-state index in [-0.39, 0.29) is 5.02 Å². The Labute approximate surface area is 137 Å². The van der Waals surface area contributed by atoms with Crippen LogP contribution in [0.25, 0.3) is 0 Å².